The minimum atomic E-state index is 1.31. The molecular formula is C24H45. The van der Waals surface area contributed by atoms with E-state index in [1.165, 1.54) is 128 Å². The normalized spacial score (nSPS) is 16.2. The van der Waals surface area contributed by atoms with Crippen molar-refractivity contribution in [2.24, 2.45) is 0 Å². The van der Waals surface area contributed by atoms with Crippen LogP contribution in [0.3, 0.4) is 0 Å². The first-order valence-electron chi connectivity index (χ1n) is 11.4. The van der Waals surface area contributed by atoms with Crippen molar-refractivity contribution in [1.29, 1.82) is 0 Å². The van der Waals surface area contributed by atoms with Crippen LogP contribution < -0.4 is 0 Å². The van der Waals surface area contributed by atoms with Crippen molar-refractivity contribution in [3.63, 3.8) is 0 Å². The van der Waals surface area contributed by atoms with Gasteiger partial charge in [0.15, 0.2) is 0 Å². The van der Waals surface area contributed by atoms with Crippen LogP contribution in [0.5, 0.6) is 0 Å². The van der Waals surface area contributed by atoms with Crippen LogP contribution >= 0.6 is 0 Å². The Morgan fingerprint density at radius 3 is 1.67 bits per heavy atom. The van der Waals surface area contributed by atoms with Crippen LogP contribution in [-0.2, 0) is 0 Å². The highest BCUT2D eigenvalue weighted by Gasteiger charge is 2.12. The van der Waals surface area contributed by atoms with Crippen LogP contribution in [0.4, 0.5) is 0 Å². The predicted octanol–water partition coefficient (Wildman–Crippen LogP) is 8.95. The van der Waals surface area contributed by atoms with Gasteiger partial charge in [-0.3, -0.25) is 0 Å². The molecule has 0 aromatic carbocycles. The Bertz CT molecular complexity index is 259. The summed E-state index contributed by atoms with van der Waals surface area (Å²) < 4.78 is 0. The molecule has 1 radical (unpaired) electrons. The first-order valence-corrected chi connectivity index (χ1v) is 11.4. The lowest BCUT2D eigenvalue weighted by molar-refractivity contribution is 0.485. The van der Waals surface area contributed by atoms with Crippen LogP contribution in [0.25, 0.3) is 0 Å². The van der Waals surface area contributed by atoms with Gasteiger partial charge in [0.1, 0.15) is 0 Å². The molecule has 0 heteroatoms. The third-order valence-electron chi connectivity index (χ3n) is 5.60. The summed E-state index contributed by atoms with van der Waals surface area (Å²) in [6.07, 6.45) is 33.5. The molecule has 1 fully saturated rings. The van der Waals surface area contributed by atoms with Crippen molar-refractivity contribution >= 4 is 0 Å². The van der Waals surface area contributed by atoms with Gasteiger partial charge in [-0.1, -0.05) is 103 Å². The molecule has 141 valence electrons. The van der Waals surface area contributed by atoms with Gasteiger partial charge in [-0.05, 0) is 50.9 Å². The maximum atomic E-state index is 2.44. The minimum Gasteiger partial charge on any atom is -0.0885 e. The molecule has 1 aliphatic rings. The molecule has 0 spiro atoms. The lowest BCUT2D eigenvalue weighted by atomic mass is 9.85. The molecule has 1 saturated carbocycles. The Hall–Kier alpha value is -0.260. The fourth-order valence-electron chi connectivity index (χ4n) is 3.92. The summed E-state index contributed by atoms with van der Waals surface area (Å²) in [5, 5.41) is 0. The van der Waals surface area contributed by atoms with E-state index in [-0.39, 0.29) is 0 Å². The van der Waals surface area contributed by atoms with Gasteiger partial charge in [0, 0.05) is 0 Å². The third-order valence-corrected chi connectivity index (χ3v) is 5.60. The number of allylic oxidation sites excluding steroid dienone is 2. The third kappa shape index (κ3) is 14.1. The summed E-state index contributed by atoms with van der Waals surface area (Å²) in [6, 6.07) is 0. The van der Waals surface area contributed by atoms with Crippen LogP contribution in [0.15, 0.2) is 12.2 Å². The second kappa shape index (κ2) is 17.6. The van der Waals surface area contributed by atoms with Crippen LogP contribution in [-0.4, -0.2) is 0 Å². The molecule has 1 aliphatic carbocycles. The lowest BCUT2D eigenvalue weighted by Gasteiger charge is -2.20. The Kier molecular flexibility index (Phi) is 15.9. The number of hydrogen-bond acceptors (Lipinski definition) is 0. The molecule has 0 aromatic heterocycles. The average Bonchev–Trinajstić information content (AvgIpc) is 2.62. The maximum Gasteiger partial charge on any atom is -0.0241 e. The fraction of sp³-hybridized carbons (Fsp3) is 0.875. The molecule has 24 heavy (non-hydrogen) atoms. The molecule has 1 rings (SSSR count). The SMILES string of the molecule is CCCCCCCC/C=C/CCCCCCCC[C]1CCCCC1. The van der Waals surface area contributed by atoms with Crippen molar-refractivity contribution in [3.05, 3.63) is 18.1 Å². The fourth-order valence-corrected chi connectivity index (χ4v) is 3.92. The Morgan fingerprint density at radius 2 is 1.08 bits per heavy atom. The molecule has 0 aliphatic heterocycles. The molecule has 0 unspecified atom stereocenters. The zero-order valence-electron chi connectivity index (χ0n) is 16.8. The van der Waals surface area contributed by atoms with E-state index in [0.717, 1.165) is 0 Å². The van der Waals surface area contributed by atoms with Crippen molar-refractivity contribution in [3.8, 4) is 0 Å². The van der Waals surface area contributed by atoms with Gasteiger partial charge in [0.2, 0.25) is 0 Å². The van der Waals surface area contributed by atoms with Crippen LogP contribution in [0.2, 0.25) is 0 Å². The summed E-state index contributed by atoms with van der Waals surface area (Å²) in [6.45, 7) is 2.29. The lowest BCUT2D eigenvalue weighted by Crippen LogP contribution is -2.03. The standard InChI is InChI=1S/C24H45/c1-2-3-4-5-6-7-8-9-10-11-12-13-14-15-16-18-21-24-22-19-17-20-23-24/h9-10H,2-8,11-23H2,1H3/b10-9+. The largest absolute Gasteiger partial charge is 0.0885 e. The summed E-state index contributed by atoms with van der Waals surface area (Å²) in [7, 11) is 0. The van der Waals surface area contributed by atoms with E-state index in [0.29, 0.717) is 0 Å². The van der Waals surface area contributed by atoms with Gasteiger partial charge in [0.25, 0.3) is 0 Å². The summed E-state index contributed by atoms with van der Waals surface area (Å²) in [5.74, 6) is 1.89. The van der Waals surface area contributed by atoms with Crippen LogP contribution in [0, 0.1) is 5.92 Å². The van der Waals surface area contributed by atoms with Crippen LogP contribution in [0.1, 0.15) is 135 Å². The molecule has 0 nitrogen and oxygen atoms in total. The number of hydrogen-bond donors (Lipinski definition) is 0. The summed E-state index contributed by atoms with van der Waals surface area (Å²) >= 11 is 0. The molecule has 0 aromatic rings. The second-order valence-corrected chi connectivity index (χ2v) is 8.00. The van der Waals surface area contributed by atoms with E-state index >= 15 is 0 Å². The van der Waals surface area contributed by atoms with E-state index in [1.807, 2.05) is 5.92 Å². The van der Waals surface area contributed by atoms with E-state index in [1.54, 1.807) is 0 Å². The zero-order chi connectivity index (χ0) is 17.1. The van der Waals surface area contributed by atoms with Gasteiger partial charge >= 0.3 is 0 Å². The Balaban J connectivity index is 1.71. The molecular weight excluding hydrogens is 288 g/mol. The molecule has 0 N–H and O–H groups in total. The minimum absolute atomic E-state index is 1.31. The highest BCUT2D eigenvalue weighted by atomic mass is 14.2. The monoisotopic (exact) mass is 333 g/mol. The van der Waals surface area contributed by atoms with Gasteiger partial charge in [-0.15, -0.1) is 0 Å². The molecule has 0 heterocycles. The second-order valence-electron chi connectivity index (χ2n) is 8.00. The summed E-state index contributed by atoms with van der Waals surface area (Å²) in [4.78, 5) is 0. The van der Waals surface area contributed by atoms with Crippen molar-refractivity contribution in [2.45, 2.75) is 135 Å². The van der Waals surface area contributed by atoms with E-state index in [4.69, 9.17) is 0 Å². The van der Waals surface area contributed by atoms with Gasteiger partial charge in [-0.2, -0.15) is 0 Å². The highest BCUT2D eigenvalue weighted by molar-refractivity contribution is 4.91. The smallest absolute Gasteiger partial charge is 0.0241 e. The Labute approximate surface area is 153 Å². The highest BCUT2D eigenvalue weighted by Crippen LogP contribution is 2.29. The number of rotatable bonds is 16. The van der Waals surface area contributed by atoms with Gasteiger partial charge < -0.3 is 0 Å². The van der Waals surface area contributed by atoms with E-state index in [2.05, 4.69) is 19.1 Å². The first kappa shape index (κ1) is 21.8. The van der Waals surface area contributed by atoms with Crippen molar-refractivity contribution in [2.75, 3.05) is 0 Å². The molecule has 0 atom stereocenters. The predicted molar refractivity (Wildman–Crippen MR) is 110 cm³/mol. The van der Waals surface area contributed by atoms with Crippen molar-refractivity contribution < 1.29 is 0 Å². The average molecular weight is 334 g/mol. The molecule has 0 amide bonds. The topological polar surface area (TPSA) is 0 Å². The summed E-state index contributed by atoms with van der Waals surface area (Å²) in [5.41, 5.74) is 0. The zero-order valence-corrected chi connectivity index (χ0v) is 16.8. The molecule has 0 saturated heterocycles. The van der Waals surface area contributed by atoms with Gasteiger partial charge in [0.05, 0.1) is 0 Å². The van der Waals surface area contributed by atoms with E-state index in [9.17, 15) is 0 Å². The first-order chi connectivity index (χ1) is 11.9. The quantitative estimate of drug-likeness (QED) is 0.195. The Morgan fingerprint density at radius 1 is 0.583 bits per heavy atom. The van der Waals surface area contributed by atoms with Gasteiger partial charge in [-0.25, -0.2) is 0 Å². The van der Waals surface area contributed by atoms with Crippen molar-refractivity contribution in [1.82, 2.24) is 0 Å². The van der Waals surface area contributed by atoms with E-state index < -0.39 is 0 Å². The maximum absolute atomic E-state index is 2.44. The molecule has 0 bridgehead atoms. The number of unbranched alkanes of at least 4 members (excludes halogenated alkanes) is 12.